The summed E-state index contributed by atoms with van der Waals surface area (Å²) in [6.07, 6.45) is 0. The molecule has 5 heteroatoms. The molecule has 4 nitrogen and oxygen atoms in total. The largest absolute Gasteiger partial charge is 0.468 e. The third kappa shape index (κ3) is 2.49. The van der Waals surface area contributed by atoms with Crippen molar-refractivity contribution in [2.75, 3.05) is 26.1 Å². The fourth-order valence-corrected chi connectivity index (χ4v) is 1.34. The molecule has 0 spiro atoms. The standard InChI is InChI=1S/C11H15FN2O2/c1-14(2)9-5-4-7(6-8(9)12)10(13)11(15)16-3/h4-6,10H,13H2,1-3H3. The second-order valence-electron chi connectivity index (χ2n) is 3.61. The van der Waals surface area contributed by atoms with Crippen LogP contribution in [-0.4, -0.2) is 27.2 Å². The molecule has 0 saturated heterocycles. The highest BCUT2D eigenvalue weighted by Gasteiger charge is 2.17. The molecular formula is C11H15FN2O2. The van der Waals surface area contributed by atoms with Crippen molar-refractivity contribution in [1.29, 1.82) is 0 Å². The zero-order chi connectivity index (χ0) is 12.3. The van der Waals surface area contributed by atoms with Crippen molar-refractivity contribution in [2.45, 2.75) is 6.04 Å². The molecule has 0 heterocycles. The van der Waals surface area contributed by atoms with Crippen molar-refractivity contribution in [3.63, 3.8) is 0 Å². The molecule has 0 aromatic heterocycles. The Balaban J connectivity index is 3.01. The Labute approximate surface area is 93.8 Å². The molecule has 0 aliphatic heterocycles. The van der Waals surface area contributed by atoms with Gasteiger partial charge in [0.25, 0.3) is 0 Å². The average Bonchev–Trinajstić information content (AvgIpc) is 2.26. The second kappa shape index (κ2) is 4.94. The van der Waals surface area contributed by atoms with Gasteiger partial charge in [0.15, 0.2) is 0 Å². The number of anilines is 1. The van der Waals surface area contributed by atoms with Crippen LogP contribution < -0.4 is 10.6 Å². The lowest BCUT2D eigenvalue weighted by Crippen LogP contribution is -2.23. The second-order valence-corrected chi connectivity index (χ2v) is 3.61. The summed E-state index contributed by atoms with van der Waals surface area (Å²) < 4.78 is 18.1. The van der Waals surface area contributed by atoms with Crippen molar-refractivity contribution >= 4 is 11.7 Å². The molecule has 0 saturated carbocycles. The molecule has 0 aliphatic rings. The van der Waals surface area contributed by atoms with Gasteiger partial charge in [-0.05, 0) is 17.7 Å². The van der Waals surface area contributed by atoms with Gasteiger partial charge in [0.05, 0.1) is 12.8 Å². The van der Waals surface area contributed by atoms with E-state index in [2.05, 4.69) is 4.74 Å². The number of esters is 1. The average molecular weight is 226 g/mol. The highest BCUT2D eigenvalue weighted by Crippen LogP contribution is 2.21. The minimum absolute atomic E-state index is 0.398. The van der Waals surface area contributed by atoms with Crippen LogP contribution in [0.25, 0.3) is 0 Å². The molecule has 0 radical (unpaired) electrons. The quantitative estimate of drug-likeness (QED) is 0.783. The van der Waals surface area contributed by atoms with E-state index in [1.807, 2.05) is 0 Å². The van der Waals surface area contributed by atoms with E-state index >= 15 is 0 Å². The molecule has 0 bridgehead atoms. The number of carbonyl (C=O) groups is 1. The van der Waals surface area contributed by atoms with E-state index in [-0.39, 0.29) is 0 Å². The number of benzene rings is 1. The smallest absolute Gasteiger partial charge is 0.327 e. The van der Waals surface area contributed by atoms with E-state index in [1.54, 1.807) is 31.1 Å². The summed E-state index contributed by atoms with van der Waals surface area (Å²) >= 11 is 0. The molecule has 88 valence electrons. The number of nitrogens with zero attached hydrogens (tertiary/aromatic N) is 1. The van der Waals surface area contributed by atoms with Crippen LogP contribution in [0.1, 0.15) is 11.6 Å². The Hall–Kier alpha value is -1.62. The minimum Gasteiger partial charge on any atom is -0.468 e. The van der Waals surface area contributed by atoms with Crippen LogP contribution in [0.3, 0.4) is 0 Å². The maximum absolute atomic E-state index is 13.6. The zero-order valence-electron chi connectivity index (χ0n) is 9.53. The fraction of sp³-hybridized carbons (Fsp3) is 0.364. The Kier molecular flexibility index (Phi) is 3.84. The number of rotatable bonds is 3. The fourth-order valence-electron chi connectivity index (χ4n) is 1.34. The van der Waals surface area contributed by atoms with Crippen molar-refractivity contribution in [3.8, 4) is 0 Å². The lowest BCUT2D eigenvalue weighted by Gasteiger charge is -2.15. The Morgan fingerprint density at radius 2 is 2.12 bits per heavy atom. The Morgan fingerprint density at radius 1 is 1.50 bits per heavy atom. The first-order chi connectivity index (χ1) is 7.47. The van der Waals surface area contributed by atoms with Crippen LogP contribution in [-0.2, 0) is 9.53 Å². The van der Waals surface area contributed by atoms with Gasteiger partial charge in [-0.2, -0.15) is 0 Å². The number of nitrogens with two attached hydrogens (primary N) is 1. The molecule has 1 aromatic rings. The summed E-state index contributed by atoms with van der Waals surface area (Å²) in [5.74, 6) is -1.00. The van der Waals surface area contributed by atoms with E-state index in [9.17, 15) is 9.18 Å². The summed E-state index contributed by atoms with van der Waals surface area (Å²) in [6.45, 7) is 0. The van der Waals surface area contributed by atoms with Crippen LogP contribution in [0.15, 0.2) is 18.2 Å². The summed E-state index contributed by atoms with van der Waals surface area (Å²) in [4.78, 5) is 12.8. The lowest BCUT2D eigenvalue weighted by atomic mass is 10.1. The summed E-state index contributed by atoms with van der Waals surface area (Å²) in [6, 6.07) is 3.49. The normalized spacial score (nSPS) is 12.1. The van der Waals surface area contributed by atoms with E-state index in [0.29, 0.717) is 11.3 Å². The van der Waals surface area contributed by atoms with Gasteiger partial charge in [-0.15, -0.1) is 0 Å². The monoisotopic (exact) mass is 226 g/mol. The first-order valence-electron chi connectivity index (χ1n) is 4.77. The topological polar surface area (TPSA) is 55.6 Å². The lowest BCUT2D eigenvalue weighted by molar-refractivity contribution is -0.142. The molecular weight excluding hydrogens is 211 g/mol. The van der Waals surface area contributed by atoms with Crippen molar-refractivity contribution < 1.29 is 13.9 Å². The highest BCUT2D eigenvalue weighted by atomic mass is 19.1. The zero-order valence-corrected chi connectivity index (χ0v) is 9.53. The number of hydrogen-bond donors (Lipinski definition) is 1. The number of carbonyl (C=O) groups excluding carboxylic acids is 1. The first kappa shape index (κ1) is 12.4. The summed E-state index contributed by atoms with van der Waals surface area (Å²) in [5, 5.41) is 0. The van der Waals surface area contributed by atoms with Crippen LogP contribution in [0.4, 0.5) is 10.1 Å². The van der Waals surface area contributed by atoms with Crippen molar-refractivity contribution in [2.24, 2.45) is 5.73 Å². The molecule has 16 heavy (non-hydrogen) atoms. The molecule has 1 unspecified atom stereocenters. The van der Waals surface area contributed by atoms with Gasteiger partial charge in [-0.25, -0.2) is 4.39 Å². The number of methoxy groups -OCH3 is 1. The van der Waals surface area contributed by atoms with Gasteiger partial charge >= 0.3 is 5.97 Å². The molecule has 1 rings (SSSR count). The van der Waals surface area contributed by atoms with Crippen LogP contribution in [0.5, 0.6) is 0 Å². The number of halogens is 1. The van der Waals surface area contributed by atoms with Gasteiger partial charge in [-0.3, -0.25) is 4.79 Å². The van der Waals surface area contributed by atoms with Gasteiger partial charge in [0.2, 0.25) is 0 Å². The van der Waals surface area contributed by atoms with E-state index in [4.69, 9.17) is 5.73 Å². The predicted molar refractivity (Wildman–Crippen MR) is 59.7 cm³/mol. The minimum atomic E-state index is -0.948. The van der Waals surface area contributed by atoms with Crippen molar-refractivity contribution in [3.05, 3.63) is 29.6 Å². The summed E-state index contributed by atoms with van der Waals surface area (Å²) in [7, 11) is 4.71. The maximum atomic E-state index is 13.6. The SMILES string of the molecule is COC(=O)C(N)c1ccc(N(C)C)c(F)c1. The van der Waals surface area contributed by atoms with Gasteiger partial charge in [0, 0.05) is 14.1 Å². The molecule has 2 N–H and O–H groups in total. The number of hydrogen-bond acceptors (Lipinski definition) is 4. The van der Waals surface area contributed by atoms with Crippen LogP contribution in [0, 0.1) is 5.82 Å². The molecule has 1 atom stereocenters. The van der Waals surface area contributed by atoms with Gasteiger partial charge < -0.3 is 15.4 Å². The third-order valence-corrected chi connectivity index (χ3v) is 2.27. The molecule has 0 fully saturated rings. The van der Waals surface area contributed by atoms with E-state index in [0.717, 1.165) is 0 Å². The molecule has 1 aromatic carbocycles. The predicted octanol–water partition coefficient (Wildman–Crippen LogP) is 1.06. The number of ether oxygens (including phenoxy) is 1. The highest BCUT2D eigenvalue weighted by molar-refractivity contribution is 5.77. The maximum Gasteiger partial charge on any atom is 0.327 e. The molecule has 0 amide bonds. The third-order valence-electron chi connectivity index (χ3n) is 2.27. The van der Waals surface area contributed by atoms with E-state index < -0.39 is 17.8 Å². The molecule has 0 aliphatic carbocycles. The van der Waals surface area contributed by atoms with E-state index in [1.165, 1.54) is 13.2 Å². The Bertz CT molecular complexity index is 394. The van der Waals surface area contributed by atoms with Crippen LogP contribution in [0.2, 0.25) is 0 Å². The first-order valence-corrected chi connectivity index (χ1v) is 4.77. The van der Waals surface area contributed by atoms with Gasteiger partial charge in [0.1, 0.15) is 11.9 Å². The van der Waals surface area contributed by atoms with Crippen molar-refractivity contribution in [1.82, 2.24) is 0 Å². The summed E-state index contributed by atoms with van der Waals surface area (Å²) in [5.41, 5.74) is 6.43. The van der Waals surface area contributed by atoms with Crippen LogP contribution >= 0.6 is 0 Å². The Morgan fingerprint density at radius 3 is 2.56 bits per heavy atom. The van der Waals surface area contributed by atoms with Gasteiger partial charge in [-0.1, -0.05) is 6.07 Å².